The van der Waals surface area contributed by atoms with Gasteiger partial charge < -0.3 is 9.84 Å². The first-order chi connectivity index (χ1) is 13.0. The molecule has 0 heterocycles. The van der Waals surface area contributed by atoms with Crippen LogP contribution < -0.4 is 0 Å². The number of hydrogen-bond donors (Lipinski definition) is 1. The third-order valence-corrected chi connectivity index (χ3v) is 4.63. The third-order valence-electron chi connectivity index (χ3n) is 3.71. The molecular weight excluding hydrogens is 509 g/mol. The van der Waals surface area contributed by atoms with E-state index in [1.54, 1.807) is 18.2 Å². The summed E-state index contributed by atoms with van der Waals surface area (Å²) in [5.74, 6) is -2.16. The van der Waals surface area contributed by atoms with Gasteiger partial charge in [0.25, 0.3) is 0 Å². The summed E-state index contributed by atoms with van der Waals surface area (Å²) in [6.07, 6.45) is -5.18. The van der Waals surface area contributed by atoms with Gasteiger partial charge >= 0.3 is 18.1 Å². The Balaban J connectivity index is 2.79. The standard InChI is InChI=1S/C19H13Br2F3O4/c1-28-18(27)15(9-16(25)26)17(11-6-13(20)8-14(21)7-11)10-2-4-12(5-3-10)19(22,23)24/h2-8H,9H2,1H3,(H,25,26). The number of alkyl halides is 3. The number of carboxylic acids is 1. The molecule has 0 aliphatic carbocycles. The van der Waals surface area contributed by atoms with Gasteiger partial charge in [-0.25, -0.2) is 4.79 Å². The van der Waals surface area contributed by atoms with E-state index in [4.69, 9.17) is 4.74 Å². The largest absolute Gasteiger partial charge is 0.481 e. The zero-order valence-electron chi connectivity index (χ0n) is 14.3. The smallest absolute Gasteiger partial charge is 0.416 e. The van der Waals surface area contributed by atoms with E-state index in [0.29, 0.717) is 14.5 Å². The maximum atomic E-state index is 12.9. The lowest BCUT2D eigenvalue weighted by Gasteiger charge is -2.16. The van der Waals surface area contributed by atoms with E-state index in [-0.39, 0.29) is 16.7 Å². The van der Waals surface area contributed by atoms with Crippen molar-refractivity contribution in [3.8, 4) is 0 Å². The monoisotopic (exact) mass is 520 g/mol. The van der Waals surface area contributed by atoms with Crippen molar-refractivity contribution in [2.45, 2.75) is 12.6 Å². The van der Waals surface area contributed by atoms with Crippen LogP contribution in [0.4, 0.5) is 13.2 Å². The maximum Gasteiger partial charge on any atom is 0.416 e. The van der Waals surface area contributed by atoms with E-state index in [1.807, 2.05) is 0 Å². The summed E-state index contributed by atoms with van der Waals surface area (Å²) in [6.45, 7) is 0. The van der Waals surface area contributed by atoms with Gasteiger partial charge in [0.2, 0.25) is 0 Å². The van der Waals surface area contributed by atoms with E-state index >= 15 is 0 Å². The molecular formula is C19H13Br2F3O4. The lowest BCUT2D eigenvalue weighted by molar-refractivity contribution is -0.141. The molecule has 0 amide bonds. The molecule has 0 atom stereocenters. The fourth-order valence-corrected chi connectivity index (χ4v) is 3.87. The SMILES string of the molecule is COC(=O)C(CC(=O)O)=C(c1ccc(C(F)(F)F)cc1)c1cc(Br)cc(Br)c1. The molecule has 0 saturated carbocycles. The first-order valence-corrected chi connectivity index (χ1v) is 9.29. The van der Waals surface area contributed by atoms with Gasteiger partial charge in [-0.05, 0) is 47.0 Å². The second-order valence-electron chi connectivity index (χ2n) is 5.65. The highest BCUT2D eigenvalue weighted by atomic mass is 79.9. The van der Waals surface area contributed by atoms with Gasteiger partial charge in [-0.3, -0.25) is 4.79 Å². The summed E-state index contributed by atoms with van der Waals surface area (Å²) in [4.78, 5) is 23.6. The van der Waals surface area contributed by atoms with Gasteiger partial charge in [0.15, 0.2) is 0 Å². The number of hydrogen-bond acceptors (Lipinski definition) is 3. The minimum atomic E-state index is -4.52. The molecule has 28 heavy (non-hydrogen) atoms. The lowest BCUT2D eigenvalue weighted by atomic mass is 9.91. The fourth-order valence-electron chi connectivity index (χ4n) is 2.58. The van der Waals surface area contributed by atoms with E-state index in [2.05, 4.69) is 31.9 Å². The van der Waals surface area contributed by atoms with Gasteiger partial charge in [0.05, 0.1) is 24.7 Å². The number of methoxy groups -OCH3 is 1. The summed E-state index contributed by atoms with van der Waals surface area (Å²) in [7, 11) is 1.10. The molecule has 0 radical (unpaired) electrons. The molecule has 0 bridgehead atoms. The van der Waals surface area contributed by atoms with Crippen LogP contribution in [0.5, 0.6) is 0 Å². The fraction of sp³-hybridized carbons (Fsp3) is 0.158. The van der Waals surface area contributed by atoms with Gasteiger partial charge in [-0.2, -0.15) is 13.2 Å². The highest BCUT2D eigenvalue weighted by Gasteiger charge is 2.30. The van der Waals surface area contributed by atoms with Crippen LogP contribution in [0.2, 0.25) is 0 Å². The van der Waals surface area contributed by atoms with Crippen LogP contribution in [0, 0.1) is 0 Å². The Kier molecular flexibility index (Phi) is 7.06. The second-order valence-corrected chi connectivity index (χ2v) is 7.48. The molecule has 1 N–H and O–H groups in total. The van der Waals surface area contributed by atoms with Crippen molar-refractivity contribution in [2.75, 3.05) is 7.11 Å². The molecule has 0 saturated heterocycles. The number of aliphatic carboxylic acids is 1. The van der Waals surface area contributed by atoms with Crippen molar-refractivity contribution >= 4 is 49.4 Å². The number of benzene rings is 2. The summed E-state index contributed by atoms with van der Waals surface area (Å²) < 4.78 is 44.6. The number of esters is 1. The first kappa shape index (κ1) is 22.2. The quantitative estimate of drug-likeness (QED) is 0.406. The van der Waals surface area contributed by atoms with Crippen LogP contribution in [0.1, 0.15) is 23.1 Å². The maximum absolute atomic E-state index is 12.9. The Morgan fingerprint density at radius 1 is 1.00 bits per heavy atom. The normalized spacial score (nSPS) is 12.4. The van der Waals surface area contributed by atoms with E-state index in [9.17, 15) is 27.9 Å². The zero-order chi connectivity index (χ0) is 21.1. The Morgan fingerprint density at radius 3 is 1.96 bits per heavy atom. The average molecular weight is 522 g/mol. The molecule has 0 aliphatic rings. The van der Waals surface area contributed by atoms with Gasteiger partial charge in [-0.1, -0.05) is 44.0 Å². The summed E-state index contributed by atoms with van der Waals surface area (Å²) in [5.41, 5.74) is -0.184. The van der Waals surface area contributed by atoms with E-state index in [0.717, 1.165) is 19.2 Å². The topological polar surface area (TPSA) is 63.6 Å². The summed E-state index contributed by atoms with van der Waals surface area (Å²) in [6, 6.07) is 9.11. The molecule has 9 heteroatoms. The molecule has 0 unspecified atom stereocenters. The molecule has 0 aromatic heterocycles. The number of carbonyl (C=O) groups excluding carboxylic acids is 1. The Bertz CT molecular complexity index is 915. The van der Waals surface area contributed by atoms with Crippen LogP contribution in [-0.4, -0.2) is 24.2 Å². The van der Waals surface area contributed by atoms with Crippen molar-refractivity contribution in [3.63, 3.8) is 0 Å². The average Bonchev–Trinajstić information content (AvgIpc) is 2.59. The number of ether oxygens (including phenoxy) is 1. The molecule has 2 aromatic rings. The Hall–Kier alpha value is -2.13. The molecule has 148 valence electrons. The van der Waals surface area contributed by atoms with Gasteiger partial charge in [0.1, 0.15) is 0 Å². The number of carboxylic acid groups (broad SMARTS) is 1. The number of halogens is 5. The highest BCUT2D eigenvalue weighted by Crippen LogP contribution is 2.35. The lowest BCUT2D eigenvalue weighted by Crippen LogP contribution is -2.13. The second kappa shape index (κ2) is 8.91. The van der Waals surface area contributed by atoms with Crippen LogP contribution in [0.3, 0.4) is 0 Å². The predicted molar refractivity (Wildman–Crippen MR) is 104 cm³/mol. The van der Waals surface area contributed by atoms with Crippen LogP contribution in [0.25, 0.3) is 5.57 Å². The Morgan fingerprint density at radius 2 is 1.54 bits per heavy atom. The van der Waals surface area contributed by atoms with Crippen molar-refractivity contribution in [1.29, 1.82) is 0 Å². The van der Waals surface area contributed by atoms with Crippen molar-refractivity contribution in [2.24, 2.45) is 0 Å². The minimum Gasteiger partial charge on any atom is -0.481 e. The molecule has 4 nitrogen and oxygen atoms in total. The Labute approximate surface area is 175 Å². The predicted octanol–water partition coefficient (Wildman–Crippen LogP) is 5.68. The molecule has 0 spiro atoms. The van der Waals surface area contributed by atoms with E-state index < -0.39 is 30.1 Å². The molecule has 2 aromatic carbocycles. The third kappa shape index (κ3) is 5.45. The van der Waals surface area contributed by atoms with Crippen LogP contribution in [-0.2, 0) is 20.5 Å². The van der Waals surface area contributed by atoms with Gasteiger partial charge in [-0.15, -0.1) is 0 Å². The van der Waals surface area contributed by atoms with Crippen LogP contribution >= 0.6 is 31.9 Å². The molecule has 0 aliphatic heterocycles. The summed E-state index contributed by atoms with van der Waals surface area (Å²) in [5, 5.41) is 9.22. The zero-order valence-corrected chi connectivity index (χ0v) is 17.5. The molecule has 0 fully saturated rings. The molecule has 2 rings (SSSR count). The van der Waals surface area contributed by atoms with E-state index in [1.165, 1.54) is 12.1 Å². The van der Waals surface area contributed by atoms with Crippen molar-refractivity contribution in [3.05, 3.63) is 73.7 Å². The van der Waals surface area contributed by atoms with Gasteiger partial charge in [0, 0.05) is 8.95 Å². The summed E-state index contributed by atoms with van der Waals surface area (Å²) >= 11 is 6.62. The van der Waals surface area contributed by atoms with Crippen molar-refractivity contribution < 1.29 is 32.6 Å². The minimum absolute atomic E-state index is 0.171. The van der Waals surface area contributed by atoms with Crippen LogP contribution in [0.15, 0.2) is 57.0 Å². The van der Waals surface area contributed by atoms with Crippen molar-refractivity contribution in [1.82, 2.24) is 0 Å². The highest BCUT2D eigenvalue weighted by molar-refractivity contribution is 9.11. The number of carbonyl (C=O) groups is 2. The number of rotatable bonds is 5. The first-order valence-electron chi connectivity index (χ1n) is 7.70.